The molecule has 2 aromatic heterocycles. The lowest BCUT2D eigenvalue weighted by molar-refractivity contribution is 0.709. The van der Waals surface area contributed by atoms with Crippen LogP contribution >= 0.6 is 0 Å². The number of nitrogens with one attached hydrogen (secondary N) is 1. The lowest BCUT2D eigenvalue weighted by Gasteiger charge is -2.24. The molecule has 0 saturated heterocycles. The van der Waals surface area contributed by atoms with Crippen molar-refractivity contribution in [2.75, 3.05) is 23.3 Å². The monoisotopic (exact) mass is 271 g/mol. The highest BCUT2D eigenvalue weighted by molar-refractivity contribution is 5.67. The quantitative estimate of drug-likeness (QED) is 0.877. The molecule has 0 amide bonds. The Morgan fingerprint density at radius 3 is 2.90 bits per heavy atom. The van der Waals surface area contributed by atoms with Crippen LogP contribution in [0.4, 0.5) is 11.6 Å². The molecule has 5 heteroatoms. The minimum atomic E-state index is 0.681. The van der Waals surface area contributed by atoms with Crippen molar-refractivity contribution in [1.82, 2.24) is 14.4 Å². The van der Waals surface area contributed by atoms with Crippen molar-refractivity contribution >= 4 is 17.3 Å². The van der Waals surface area contributed by atoms with Crippen LogP contribution in [0.25, 0.3) is 5.65 Å². The normalized spacial score (nSPS) is 18.4. The molecule has 106 valence electrons. The van der Waals surface area contributed by atoms with Crippen molar-refractivity contribution in [3.8, 4) is 0 Å². The summed E-state index contributed by atoms with van der Waals surface area (Å²) in [6.45, 7) is 4.14. The molecule has 2 aliphatic carbocycles. The zero-order chi connectivity index (χ0) is 13.5. The molecule has 2 fully saturated rings. The van der Waals surface area contributed by atoms with E-state index in [1.807, 2.05) is 18.6 Å². The summed E-state index contributed by atoms with van der Waals surface area (Å²) in [4.78, 5) is 11.8. The first-order valence-corrected chi connectivity index (χ1v) is 7.69. The molecule has 0 aliphatic heterocycles. The predicted octanol–water partition coefficient (Wildman–Crippen LogP) is 2.54. The van der Waals surface area contributed by atoms with Crippen LogP contribution in [0.15, 0.2) is 18.6 Å². The Kier molecular flexibility index (Phi) is 2.79. The van der Waals surface area contributed by atoms with Gasteiger partial charge in [-0.3, -0.25) is 0 Å². The summed E-state index contributed by atoms with van der Waals surface area (Å²) in [7, 11) is 0. The van der Waals surface area contributed by atoms with Crippen molar-refractivity contribution in [3.63, 3.8) is 0 Å². The van der Waals surface area contributed by atoms with Crippen LogP contribution in [0.5, 0.6) is 0 Å². The molecule has 0 atom stereocenters. The maximum Gasteiger partial charge on any atom is 0.180 e. The Labute approximate surface area is 119 Å². The summed E-state index contributed by atoms with van der Waals surface area (Å²) in [5.74, 6) is 2.87. The topological polar surface area (TPSA) is 45.5 Å². The molecule has 4 rings (SSSR count). The van der Waals surface area contributed by atoms with Gasteiger partial charge in [-0.1, -0.05) is 0 Å². The number of fused-ring (bicyclic) bond motifs is 1. The van der Waals surface area contributed by atoms with Crippen LogP contribution in [0.3, 0.4) is 0 Å². The first kappa shape index (κ1) is 12.0. The standard InChI is InChI=1S/C15H21N5/c1-2-16-13-10-19-8-7-17-14(19)15(18-13)20(12-5-6-12)9-11-3-4-11/h7-8,10-12,16H,2-6,9H2,1H3. The zero-order valence-corrected chi connectivity index (χ0v) is 11.9. The van der Waals surface area contributed by atoms with Gasteiger partial charge in [0.2, 0.25) is 0 Å². The minimum Gasteiger partial charge on any atom is -0.369 e. The number of anilines is 2. The first-order chi connectivity index (χ1) is 9.85. The van der Waals surface area contributed by atoms with Crippen molar-refractivity contribution in [3.05, 3.63) is 18.6 Å². The Morgan fingerprint density at radius 2 is 2.20 bits per heavy atom. The van der Waals surface area contributed by atoms with Crippen molar-refractivity contribution in [2.24, 2.45) is 5.92 Å². The van der Waals surface area contributed by atoms with E-state index in [2.05, 4.69) is 26.5 Å². The molecule has 2 aliphatic rings. The number of nitrogens with zero attached hydrogens (tertiary/aromatic N) is 4. The van der Waals surface area contributed by atoms with Crippen LogP contribution in [-0.4, -0.2) is 33.5 Å². The predicted molar refractivity (Wildman–Crippen MR) is 80.2 cm³/mol. The molecule has 0 spiro atoms. The van der Waals surface area contributed by atoms with Crippen LogP contribution in [0, 0.1) is 5.92 Å². The molecule has 0 bridgehead atoms. The third kappa shape index (κ3) is 2.21. The third-order valence-electron chi connectivity index (χ3n) is 4.13. The van der Waals surface area contributed by atoms with Gasteiger partial charge in [-0.2, -0.15) is 0 Å². The highest BCUT2D eigenvalue weighted by atomic mass is 15.3. The Morgan fingerprint density at radius 1 is 1.35 bits per heavy atom. The maximum absolute atomic E-state index is 4.84. The Bertz CT molecular complexity index is 612. The molecule has 2 heterocycles. The van der Waals surface area contributed by atoms with E-state index in [9.17, 15) is 0 Å². The molecule has 0 aromatic carbocycles. The molecule has 1 N–H and O–H groups in total. The number of aromatic nitrogens is 3. The SMILES string of the molecule is CCNc1cn2ccnc2c(N(CC2CC2)C2CC2)n1. The summed E-state index contributed by atoms with van der Waals surface area (Å²) in [6.07, 6.45) is 11.2. The largest absolute Gasteiger partial charge is 0.369 e. The molecule has 20 heavy (non-hydrogen) atoms. The fourth-order valence-electron chi connectivity index (χ4n) is 2.75. The number of hydrogen-bond donors (Lipinski definition) is 1. The zero-order valence-electron chi connectivity index (χ0n) is 11.9. The molecule has 5 nitrogen and oxygen atoms in total. The smallest absolute Gasteiger partial charge is 0.180 e. The van der Waals surface area contributed by atoms with Gasteiger partial charge in [0.05, 0.1) is 6.20 Å². The van der Waals surface area contributed by atoms with E-state index in [0.29, 0.717) is 6.04 Å². The second-order valence-corrected chi connectivity index (χ2v) is 5.97. The summed E-state index contributed by atoms with van der Waals surface area (Å²) >= 11 is 0. The Hall–Kier alpha value is -1.78. The summed E-state index contributed by atoms with van der Waals surface area (Å²) in [5, 5.41) is 3.33. The van der Waals surface area contributed by atoms with E-state index in [-0.39, 0.29) is 0 Å². The van der Waals surface area contributed by atoms with E-state index in [0.717, 1.165) is 36.3 Å². The van der Waals surface area contributed by atoms with Gasteiger partial charge in [0.15, 0.2) is 11.5 Å². The van der Waals surface area contributed by atoms with Gasteiger partial charge in [0.25, 0.3) is 0 Å². The highest BCUT2D eigenvalue weighted by Gasteiger charge is 2.35. The third-order valence-corrected chi connectivity index (χ3v) is 4.13. The second-order valence-electron chi connectivity index (χ2n) is 5.97. The molecule has 2 aromatic rings. The van der Waals surface area contributed by atoms with Gasteiger partial charge < -0.3 is 14.6 Å². The van der Waals surface area contributed by atoms with Crippen LogP contribution in [0.1, 0.15) is 32.6 Å². The number of imidazole rings is 1. The first-order valence-electron chi connectivity index (χ1n) is 7.69. The van der Waals surface area contributed by atoms with Gasteiger partial charge in [-0.25, -0.2) is 9.97 Å². The molecule has 0 radical (unpaired) electrons. The number of rotatable bonds is 6. The lowest BCUT2D eigenvalue weighted by atomic mass is 10.3. The van der Waals surface area contributed by atoms with Gasteiger partial charge in [0, 0.05) is 31.5 Å². The fourth-order valence-corrected chi connectivity index (χ4v) is 2.75. The average Bonchev–Trinajstić information content (AvgIpc) is 3.34. The molecule has 2 saturated carbocycles. The number of hydrogen-bond acceptors (Lipinski definition) is 4. The molecular weight excluding hydrogens is 250 g/mol. The Balaban J connectivity index is 1.76. The van der Waals surface area contributed by atoms with E-state index >= 15 is 0 Å². The van der Waals surface area contributed by atoms with Crippen LogP contribution in [-0.2, 0) is 0 Å². The minimum absolute atomic E-state index is 0.681. The average molecular weight is 271 g/mol. The van der Waals surface area contributed by atoms with E-state index in [1.165, 1.54) is 25.7 Å². The van der Waals surface area contributed by atoms with E-state index in [1.54, 1.807) is 0 Å². The van der Waals surface area contributed by atoms with Crippen molar-refractivity contribution < 1.29 is 0 Å². The van der Waals surface area contributed by atoms with Crippen LogP contribution < -0.4 is 10.2 Å². The summed E-state index contributed by atoms with van der Waals surface area (Å²) in [6, 6.07) is 0.681. The van der Waals surface area contributed by atoms with Gasteiger partial charge in [-0.05, 0) is 38.5 Å². The van der Waals surface area contributed by atoms with Gasteiger partial charge >= 0.3 is 0 Å². The fraction of sp³-hybridized carbons (Fsp3) is 0.600. The summed E-state index contributed by atoms with van der Waals surface area (Å²) in [5.41, 5.74) is 0.985. The van der Waals surface area contributed by atoms with Gasteiger partial charge in [-0.15, -0.1) is 0 Å². The van der Waals surface area contributed by atoms with Crippen molar-refractivity contribution in [2.45, 2.75) is 38.6 Å². The van der Waals surface area contributed by atoms with Crippen LogP contribution in [0.2, 0.25) is 0 Å². The lowest BCUT2D eigenvalue weighted by Crippen LogP contribution is -2.29. The van der Waals surface area contributed by atoms with Crippen molar-refractivity contribution in [1.29, 1.82) is 0 Å². The van der Waals surface area contributed by atoms with E-state index in [4.69, 9.17) is 4.98 Å². The second kappa shape index (κ2) is 4.65. The van der Waals surface area contributed by atoms with Gasteiger partial charge in [0.1, 0.15) is 5.82 Å². The maximum atomic E-state index is 4.84. The molecular formula is C15H21N5. The highest BCUT2D eigenvalue weighted by Crippen LogP contribution is 2.38. The summed E-state index contributed by atoms with van der Waals surface area (Å²) < 4.78 is 2.09. The van der Waals surface area contributed by atoms with E-state index < -0.39 is 0 Å². The molecule has 0 unspecified atom stereocenters.